The number of alkyl carbamates (subject to hydrolysis) is 1. The molecule has 0 radical (unpaired) electrons. The Morgan fingerprint density at radius 3 is 2.40 bits per heavy atom. The van der Waals surface area contributed by atoms with Gasteiger partial charge in [-0.2, -0.15) is 0 Å². The van der Waals surface area contributed by atoms with Gasteiger partial charge in [0.05, 0.1) is 32.4 Å². The van der Waals surface area contributed by atoms with Crippen molar-refractivity contribution < 1.29 is 42.0 Å². The highest BCUT2D eigenvalue weighted by Gasteiger charge is 2.34. The Hall–Kier alpha value is -5.21. The highest BCUT2D eigenvalue weighted by molar-refractivity contribution is 5.95. The second-order valence-electron chi connectivity index (χ2n) is 9.74. The minimum absolute atomic E-state index is 0.0248. The maximum absolute atomic E-state index is 15.1. The van der Waals surface area contributed by atoms with Gasteiger partial charge in [-0.15, -0.1) is 0 Å². The van der Waals surface area contributed by atoms with Crippen molar-refractivity contribution in [1.29, 1.82) is 0 Å². The Morgan fingerprint density at radius 2 is 1.72 bits per heavy atom. The van der Waals surface area contributed by atoms with Crippen molar-refractivity contribution in [3.8, 4) is 11.3 Å². The van der Waals surface area contributed by atoms with Crippen molar-refractivity contribution in [1.82, 2.24) is 20.7 Å². The fourth-order valence-electron chi connectivity index (χ4n) is 4.78. The summed E-state index contributed by atoms with van der Waals surface area (Å²) < 4.78 is 45.0. The van der Waals surface area contributed by atoms with Crippen LogP contribution in [0.1, 0.15) is 10.6 Å². The molecular formula is C28H28F2N6O7. The largest absolute Gasteiger partial charge is 0.453 e. The number of piperazine rings is 1. The minimum atomic E-state index is -0.882. The molecule has 1 aromatic heterocycles. The average molecular weight is 599 g/mol. The highest BCUT2D eigenvalue weighted by Crippen LogP contribution is 2.31. The summed E-state index contributed by atoms with van der Waals surface area (Å²) in [6.45, 7) is 0.277. The van der Waals surface area contributed by atoms with E-state index in [1.807, 2.05) is 30.3 Å². The number of amides is 4. The van der Waals surface area contributed by atoms with E-state index in [0.29, 0.717) is 5.69 Å². The summed E-state index contributed by atoms with van der Waals surface area (Å²) in [7, 11) is 1.19. The number of benzene rings is 2. The summed E-state index contributed by atoms with van der Waals surface area (Å²) in [6, 6.07) is 12.7. The first-order chi connectivity index (χ1) is 20.7. The number of halogens is 2. The fourth-order valence-corrected chi connectivity index (χ4v) is 4.78. The summed E-state index contributed by atoms with van der Waals surface area (Å²) in [5.74, 6) is -2.77. The van der Waals surface area contributed by atoms with Gasteiger partial charge in [-0.3, -0.25) is 14.5 Å². The van der Waals surface area contributed by atoms with Crippen LogP contribution in [0.2, 0.25) is 0 Å². The lowest BCUT2D eigenvalue weighted by Gasteiger charge is -2.36. The van der Waals surface area contributed by atoms with E-state index in [-0.39, 0.29) is 68.9 Å². The molecule has 2 fully saturated rings. The molecule has 0 saturated carbocycles. The second-order valence-corrected chi connectivity index (χ2v) is 9.74. The third kappa shape index (κ3) is 6.66. The van der Waals surface area contributed by atoms with Crippen LogP contribution in [0.3, 0.4) is 0 Å². The lowest BCUT2D eigenvalue weighted by atomic mass is 10.1. The van der Waals surface area contributed by atoms with E-state index in [1.165, 1.54) is 23.0 Å². The van der Waals surface area contributed by atoms with Crippen molar-refractivity contribution in [3.63, 3.8) is 0 Å². The van der Waals surface area contributed by atoms with Crippen LogP contribution < -0.4 is 20.4 Å². The van der Waals surface area contributed by atoms with Gasteiger partial charge in [-0.05, 0) is 0 Å². The first-order valence-electron chi connectivity index (χ1n) is 13.4. The second kappa shape index (κ2) is 12.8. The van der Waals surface area contributed by atoms with Gasteiger partial charge in [0.25, 0.3) is 5.91 Å². The number of cyclic esters (lactones) is 1. The van der Waals surface area contributed by atoms with Crippen LogP contribution in [0.15, 0.2) is 53.1 Å². The summed E-state index contributed by atoms with van der Waals surface area (Å²) in [5, 5.41) is 8.80. The molecule has 43 heavy (non-hydrogen) atoms. The van der Waals surface area contributed by atoms with Crippen molar-refractivity contribution in [2.75, 3.05) is 62.7 Å². The maximum Gasteiger partial charge on any atom is 0.414 e. The molecule has 3 aromatic rings. The molecule has 4 amide bonds. The SMILES string of the molecule is COC(=O)NCC1CN(c2cc(F)c(N3CCN(C(=O)CNC(=O)c4cc(-c5ccccc5)no4)CC3)c(F)c2)C(=O)O1. The molecular weight excluding hydrogens is 570 g/mol. The molecule has 226 valence electrons. The molecule has 1 atom stereocenters. The van der Waals surface area contributed by atoms with E-state index in [1.54, 1.807) is 0 Å². The van der Waals surface area contributed by atoms with Gasteiger partial charge in [-0.25, -0.2) is 18.4 Å². The minimum Gasteiger partial charge on any atom is -0.453 e. The number of rotatable bonds is 8. The van der Waals surface area contributed by atoms with Crippen LogP contribution in [0, 0.1) is 11.6 Å². The number of nitrogens with one attached hydrogen (secondary N) is 2. The normalized spacial score (nSPS) is 16.6. The smallest absolute Gasteiger partial charge is 0.414 e. The van der Waals surface area contributed by atoms with Gasteiger partial charge in [0, 0.05) is 49.9 Å². The van der Waals surface area contributed by atoms with Gasteiger partial charge in [0.2, 0.25) is 11.7 Å². The molecule has 3 heterocycles. The van der Waals surface area contributed by atoms with Gasteiger partial charge in [0.15, 0.2) is 11.6 Å². The van der Waals surface area contributed by atoms with Crippen LogP contribution in [0.5, 0.6) is 0 Å². The number of hydrogen-bond acceptors (Lipinski definition) is 9. The third-order valence-electron chi connectivity index (χ3n) is 7.00. The zero-order valence-electron chi connectivity index (χ0n) is 23.0. The molecule has 15 heteroatoms. The van der Waals surface area contributed by atoms with Crippen molar-refractivity contribution in [2.45, 2.75) is 6.10 Å². The van der Waals surface area contributed by atoms with Gasteiger partial charge >= 0.3 is 12.2 Å². The molecule has 2 saturated heterocycles. The summed E-state index contributed by atoms with van der Waals surface area (Å²) in [5.41, 5.74) is 0.953. The van der Waals surface area contributed by atoms with E-state index in [4.69, 9.17) is 9.26 Å². The topological polar surface area (TPSA) is 147 Å². The number of anilines is 2. The quantitative estimate of drug-likeness (QED) is 0.399. The van der Waals surface area contributed by atoms with Crippen LogP contribution in [-0.4, -0.2) is 93.1 Å². The predicted molar refractivity (Wildman–Crippen MR) is 147 cm³/mol. The van der Waals surface area contributed by atoms with Crippen molar-refractivity contribution >= 4 is 35.4 Å². The number of aromatic nitrogens is 1. The Morgan fingerprint density at radius 1 is 1.02 bits per heavy atom. The molecule has 5 rings (SSSR count). The molecule has 2 aliphatic heterocycles. The van der Waals surface area contributed by atoms with E-state index >= 15 is 8.78 Å². The van der Waals surface area contributed by atoms with Crippen LogP contribution in [0.25, 0.3) is 11.3 Å². The van der Waals surface area contributed by atoms with Crippen LogP contribution in [-0.2, 0) is 14.3 Å². The van der Waals surface area contributed by atoms with Gasteiger partial charge in [0.1, 0.15) is 17.5 Å². The summed E-state index contributed by atoms with van der Waals surface area (Å²) >= 11 is 0. The number of methoxy groups -OCH3 is 1. The summed E-state index contributed by atoms with van der Waals surface area (Å²) in [4.78, 5) is 52.7. The van der Waals surface area contributed by atoms with E-state index < -0.39 is 35.8 Å². The number of carbonyl (C=O) groups excluding carboxylic acids is 4. The standard InChI is InChI=1S/C28H28F2N6O7/c1-41-27(39)32-14-19-16-36(28(40)42-19)18-11-20(29)25(21(30)12-18)35-9-7-34(8-10-35)24(37)15-31-26(38)23-13-22(33-43-23)17-5-3-2-4-6-17/h2-6,11-13,19H,7-10,14-16H2,1H3,(H,31,38)(H,32,39). The van der Waals surface area contributed by atoms with E-state index in [2.05, 4.69) is 20.5 Å². The molecule has 13 nitrogen and oxygen atoms in total. The van der Waals surface area contributed by atoms with Gasteiger partial charge in [-0.1, -0.05) is 35.5 Å². The first-order valence-corrected chi connectivity index (χ1v) is 13.4. The Kier molecular flexibility index (Phi) is 8.69. The third-order valence-corrected chi connectivity index (χ3v) is 7.00. The molecule has 2 aliphatic rings. The lowest BCUT2D eigenvalue weighted by molar-refractivity contribution is -0.130. The average Bonchev–Trinajstić information content (AvgIpc) is 3.66. The molecule has 2 aromatic carbocycles. The monoisotopic (exact) mass is 598 g/mol. The predicted octanol–water partition coefficient (Wildman–Crippen LogP) is 2.38. The summed E-state index contributed by atoms with van der Waals surface area (Å²) in [6.07, 6.45) is -2.23. The maximum atomic E-state index is 15.1. The van der Waals surface area contributed by atoms with Crippen molar-refractivity contribution in [3.05, 3.63) is 65.9 Å². The van der Waals surface area contributed by atoms with Crippen LogP contribution in [0.4, 0.5) is 29.7 Å². The molecule has 1 unspecified atom stereocenters. The van der Waals surface area contributed by atoms with E-state index in [9.17, 15) is 19.2 Å². The van der Waals surface area contributed by atoms with Crippen LogP contribution >= 0.6 is 0 Å². The number of hydrogen-bond donors (Lipinski definition) is 2. The number of nitrogens with zero attached hydrogens (tertiary/aromatic N) is 4. The fraction of sp³-hybridized carbons (Fsp3) is 0.321. The zero-order valence-corrected chi connectivity index (χ0v) is 23.0. The van der Waals surface area contributed by atoms with E-state index in [0.717, 1.165) is 22.6 Å². The lowest BCUT2D eigenvalue weighted by Crippen LogP contribution is -2.51. The molecule has 0 bridgehead atoms. The van der Waals surface area contributed by atoms with Crippen molar-refractivity contribution in [2.24, 2.45) is 0 Å². The molecule has 2 N–H and O–H groups in total. The Balaban J connectivity index is 1.13. The molecule has 0 aliphatic carbocycles. The Labute approximate surface area is 244 Å². The highest BCUT2D eigenvalue weighted by atomic mass is 19.1. The molecule has 0 spiro atoms. The number of ether oxygens (including phenoxy) is 2. The van der Waals surface area contributed by atoms with Gasteiger partial charge < -0.3 is 34.4 Å². The first kappa shape index (κ1) is 29.3. The Bertz CT molecular complexity index is 1490. The number of carbonyl (C=O) groups is 4. The zero-order chi connectivity index (χ0) is 30.5.